The smallest absolute Gasteiger partial charge is 0.231 e. The number of ether oxygens (including phenoxy) is 2. The minimum absolute atomic E-state index is 0. The van der Waals surface area contributed by atoms with E-state index in [0.717, 1.165) is 59.5 Å². The third-order valence-electron chi connectivity index (χ3n) is 4.27. The number of benzene rings is 1. The van der Waals surface area contributed by atoms with E-state index in [4.69, 9.17) is 14.0 Å². The second-order valence-corrected chi connectivity index (χ2v) is 6.07. The number of halogens is 1. The van der Waals surface area contributed by atoms with Gasteiger partial charge in [0.05, 0.1) is 5.69 Å². The summed E-state index contributed by atoms with van der Waals surface area (Å²) in [6.45, 7) is 5.69. The van der Waals surface area contributed by atoms with Crippen molar-refractivity contribution in [3.8, 4) is 11.5 Å². The molecule has 142 valence electrons. The van der Waals surface area contributed by atoms with Gasteiger partial charge in [-0.25, -0.2) is 0 Å². The van der Waals surface area contributed by atoms with Crippen molar-refractivity contribution < 1.29 is 14.0 Å². The van der Waals surface area contributed by atoms with Gasteiger partial charge in [0.25, 0.3) is 0 Å². The molecule has 2 aromatic rings. The van der Waals surface area contributed by atoms with Crippen LogP contribution in [-0.4, -0.2) is 43.4 Å². The summed E-state index contributed by atoms with van der Waals surface area (Å²) in [5.74, 6) is 3.31. The fourth-order valence-corrected chi connectivity index (χ4v) is 2.93. The number of guanidine groups is 1. The van der Waals surface area contributed by atoms with E-state index in [1.165, 1.54) is 0 Å². The highest BCUT2D eigenvalue weighted by molar-refractivity contribution is 14.0. The maximum Gasteiger partial charge on any atom is 0.231 e. The summed E-state index contributed by atoms with van der Waals surface area (Å²) in [5.41, 5.74) is 3.24. The quantitative estimate of drug-likeness (QED) is 0.410. The van der Waals surface area contributed by atoms with Gasteiger partial charge in [0.2, 0.25) is 6.79 Å². The van der Waals surface area contributed by atoms with Crippen LogP contribution in [0.2, 0.25) is 0 Å². The van der Waals surface area contributed by atoms with Crippen molar-refractivity contribution in [2.45, 2.75) is 26.8 Å². The van der Waals surface area contributed by atoms with Crippen molar-refractivity contribution in [3.63, 3.8) is 0 Å². The Kier molecular flexibility index (Phi) is 7.13. The highest BCUT2D eigenvalue weighted by Gasteiger charge is 2.15. The van der Waals surface area contributed by atoms with E-state index >= 15 is 0 Å². The number of fused-ring (bicyclic) bond motifs is 1. The van der Waals surface area contributed by atoms with Gasteiger partial charge < -0.3 is 24.2 Å². The molecule has 1 aliphatic rings. The topological polar surface area (TPSA) is 72.1 Å². The van der Waals surface area contributed by atoms with Gasteiger partial charge in [0.1, 0.15) is 5.76 Å². The van der Waals surface area contributed by atoms with Crippen LogP contribution >= 0.6 is 24.0 Å². The average Bonchev–Trinajstić information content (AvgIpc) is 3.18. The molecule has 3 rings (SSSR count). The molecule has 0 bridgehead atoms. The van der Waals surface area contributed by atoms with Gasteiger partial charge >= 0.3 is 0 Å². The van der Waals surface area contributed by atoms with Crippen LogP contribution in [0.4, 0.5) is 0 Å². The van der Waals surface area contributed by atoms with E-state index in [1.54, 1.807) is 7.05 Å². The molecular weight excluding hydrogens is 447 g/mol. The van der Waals surface area contributed by atoms with Crippen LogP contribution in [0.3, 0.4) is 0 Å². The Labute approximate surface area is 170 Å². The molecule has 1 aromatic carbocycles. The molecule has 2 heterocycles. The molecule has 0 radical (unpaired) electrons. The first-order valence-corrected chi connectivity index (χ1v) is 8.30. The summed E-state index contributed by atoms with van der Waals surface area (Å²) in [7, 11) is 3.80. The Bertz CT molecular complexity index is 756. The fraction of sp³-hybridized carbons (Fsp3) is 0.444. The Morgan fingerprint density at radius 3 is 2.73 bits per heavy atom. The summed E-state index contributed by atoms with van der Waals surface area (Å²) >= 11 is 0. The monoisotopic (exact) mass is 472 g/mol. The van der Waals surface area contributed by atoms with Crippen LogP contribution in [0.15, 0.2) is 27.7 Å². The minimum Gasteiger partial charge on any atom is -0.454 e. The molecule has 0 saturated heterocycles. The van der Waals surface area contributed by atoms with E-state index in [1.807, 2.05) is 39.1 Å². The first-order chi connectivity index (χ1) is 12.1. The molecule has 26 heavy (non-hydrogen) atoms. The van der Waals surface area contributed by atoms with Crippen molar-refractivity contribution in [2.75, 3.05) is 27.4 Å². The first-order valence-electron chi connectivity index (χ1n) is 8.30. The number of nitrogens with zero attached hydrogens (tertiary/aromatic N) is 3. The summed E-state index contributed by atoms with van der Waals surface area (Å²) in [6, 6.07) is 6.00. The summed E-state index contributed by atoms with van der Waals surface area (Å²) in [6.07, 6.45) is 0.845. The van der Waals surface area contributed by atoms with Gasteiger partial charge in [-0.05, 0) is 38.0 Å². The van der Waals surface area contributed by atoms with E-state index in [-0.39, 0.29) is 24.0 Å². The molecule has 1 aliphatic heterocycles. The summed E-state index contributed by atoms with van der Waals surface area (Å²) in [5, 5.41) is 7.37. The maximum absolute atomic E-state index is 5.43. The molecule has 0 fully saturated rings. The average molecular weight is 472 g/mol. The number of nitrogens with one attached hydrogen (secondary N) is 1. The molecule has 7 nitrogen and oxygen atoms in total. The predicted molar refractivity (Wildman–Crippen MR) is 110 cm³/mol. The normalized spacial score (nSPS) is 12.7. The lowest BCUT2D eigenvalue weighted by Crippen LogP contribution is -2.39. The number of aliphatic imine (C=N–C) groups is 1. The second kappa shape index (κ2) is 9.11. The van der Waals surface area contributed by atoms with Crippen molar-refractivity contribution in [1.82, 2.24) is 15.4 Å². The SMILES string of the molecule is CN=C(NCCc1c(C)noc1C)N(C)Cc1ccc2c(c1)OCO2.I. The lowest BCUT2D eigenvalue weighted by Gasteiger charge is -2.22. The zero-order valence-electron chi connectivity index (χ0n) is 15.5. The van der Waals surface area contributed by atoms with Gasteiger partial charge in [-0.15, -0.1) is 24.0 Å². The molecule has 0 aliphatic carbocycles. The standard InChI is InChI=1S/C18H24N4O3.HI/c1-12-15(13(2)25-21-12)7-8-20-18(19-3)22(4)10-14-5-6-16-17(9-14)24-11-23-16;/h5-6,9H,7-8,10-11H2,1-4H3,(H,19,20);1H. The van der Waals surface area contributed by atoms with Gasteiger partial charge in [-0.3, -0.25) is 4.99 Å². The molecule has 0 atom stereocenters. The van der Waals surface area contributed by atoms with Gasteiger partial charge in [0.15, 0.2) is 17.5 Å². The highest BCUT2D eigenvalue weighted by atomic mass is 127. The lowest BCUT2D eigenvalue weighted by atomic mass is 10.1. The van der Waals surface area contributed by atoms with Gasteiger partial charge in [-0.1, -0.05) is 11.2 Å². The van der Waals surface area contributed by atoms with Gasteiger partial charge in [-0.2, -0.15) is 0 Å². The third kappa shape index (κ3) is 4.60. The Morgan fingerprint density at radius 2 is 2.04 bits per heavy atom. The zero-order chi connectivity index (χ0) is 17.8. The van der Waals surface area contributed by atoms with Crippen LogP contribution in [0.25, 0.3) is 0 Å². The molecule has 0 saturated carbocycles. The Hall–Kier alpha value is -1.97. The van der Waals surface area contributed by atoms with Crippen molar-refractivity contribution in [3.05, 3.63) is 40.8 Å². The van der Waals surface area contributed by atoms with Gasteiger partial charge in [0, 0.05) is 32.7 Å². The number of hydrogen-bond donors (Lipinski definition) is 1. The highest BCUT2D eigenvalue weighted by Crippen LogP contribution is 2.32. The zero-order valence-corrected chi connectivity index (χ0v) is 17.9. The minimum atomic E-state index is 0. The van der Waals surface area contributed by atoms with Crippen molar-refractivity contribution in [1.29, 1.82) is 0 Å². The van der Waals surface area contributed by atoms with Crippen molar-refractivity contribution in [2.24, 2.45) is 4.99 Å². The molecular formula is C18H25IN4O3. The van der Waals surface area contributed by atoms with Crippen LogP contribution in [-0.2, 0) is 13.0 Å². The number of aromatic nitrogens is 1. The van der Waals surface area contributed by atoms with Crippen LogP contribution < -0.4 is 14.8 Å². The number of hydrogen-bond acceptors (Lipinski definition) is 5. The van der Waals surface area contributed by atoms with E-state index in [2.05, 4.69) is 20.4 Å². The van der Waals surface area contributed by atoms with Crippen LogP contribution in [0, 0.1) is 13.8 Å². The Morgan fingerprint density at radius 1 is 1.27 bits per heavy atom. The predicted octanol–water partition coefficient (Wildman–Crippen LogP) is 2.89. The van der Waals surface area contributed by atoms with Crippen molar-refractivity contribution >= 4 is 29.9 Å². The second-order valence-electron chi connectivity index (χ2n) is 6.07. The van der Waals surface area contributed by atoms with Crippen LogP contribution in [0.1, 0.15) is 22.6 Å². The summed E-state index contributed by atoms with van der Waals surface area (Å²) < 4.78 is 16.0. The van der Waals surface area contributed by atoms with E-state index in [0.29, 0.717) is 6.79 Å². The fourth-order valence-electron chi connectivity index (χ4n) is 2.93. The molecule has 0 unspecified atom stereocenters. The molecule has 8 heteroatoms. The molecule has 0 spiro atoms. The number of rotatable bonds is 5. The first kappa shape index (κ1) is 20.3. The summed E-state index contributed by atoms with van der Waals surface area (Å²) in [4.78, 5) is 6.43. The largest absolute Gasteiger partial charge is 0.454 e. The molecule has 1 aromatic heterocycles. The number of aryl methyl sites for hydroxylation is 2. The maximum atomic E-state index is 5.43. The third-order valence-corrected chi connectivity index (χ3v) is 4.27. The lowest BCUT2D eigenvalue weighted by molar-refractivity contribution is 0.174. The van der Waals surface area contributed by atoms with E-state index < -0.39 is 0 Å². The van der Waals surface area contributed by atoms with Crippen LogP contribution in [0.5, 0.6) is 11.5 Å². The van der Waals surface area contributed by atoms with E-state index in [9.17, 15) is 0 Å². The molecule has 0 amide bonds. The Balaban J connectivity index is 0.00000243. The molecule has 1 N–H and O–H groups in total.